The molecule has 20 heavy (non-hydrogen) atoms. The monoisotopic (exact) mass is 354 g/mol. The first-order valence-corrected chi connectivity index (χ1v) is 6.80. The molecule has 4 nitrogen and oxygen atoms in total. The molecule has 0 radical (unpaired) electrons. The van der Waals surface area contributed by atoms with E-state index in [-0.39, 0.29) is 12.1 Å². The van der Waals surface area contributed by atoms with Crippen molar-refractivity contribution in [3.63, 3.8) is 0 Å². The van der Waals surface area contributed by atoms with Crippen LogP contribution in [-0.2, 0) is 6.54 Å². The Balaban J connectivity index is 2.36. The van der Waals surface area contributed by atoms with Crippen LogP contribution in [0.5, 0.6) is 0 Å². The second-order valence-electron chi connectivity index (χ2n) is 4.26. The third kappa shape index (κ3) is 5.87. The number of nitrogens with zero attached hydrogens (tertiary/aromatic N) is 1. The molecule has 1 N–H and O–H groups in total. The van der Waals surface area contributed by atoms with Gasteiger partial charge in [-0.1, -0.05) is 12.1 Å². The number of alkyl halides is 3. The highest BCUT2D eigenvalue weighted by atomic mass is 79.9. The van der Waals surface area contributed by atoms with Crippen molar-refractivity contribution in [2.45, 2.75) is 32.0 Å². The Kier molecular flexibility index (Phi) is 6.41. The Morgan fingerprint density at radius 3 is 2.60 bits per heavy atom. The van der Waals surface area contributed by atoms with Crippen LogP contribution >= 0.6 is 15.9 Å². The molecule has 1 aromatic rings. The van der Waals surface area contributed by atoms with E-state index in [1.807, 2.05) is 0 Å². The molecule has 0 saturated heterocycles. The summed E-state index contributed by atoms with van der Waals surface area (Å²) in [6.45, 7) is 0.805. The van der Waals surface area contributed by atoms with E-state index in [1.54, 1.807) is 12.1 Å². The van der Waals surface area contributed by atoms with Crippen molar-refractivity contribution in [1.29, 1.82) is 0 Å². The summed E-state index contributed by atoms with van der Waals surface area (Å²) in [4.78, 5) is 10.2. The second kappa shape index (κ2) is 7.58. The van der Waals surface area contributed by atoms with Gasteiger partial charge in [0.25, 0.3) is 5.69 Å². The summed E-state index contributed by atoms with van der Waals surface area (Å²) in [7, 11) is 0. The van der Waals surface area contributed by atoms with Gasteiger partial charge in [0.2, 0.25) is 0 Å². The third-order valence-corrected chi connectivity index (χ3v) is 3.55. The fraction of sp³-hybridized carbons (Fsp3) is 0.500. The van der Waals surface area contributed by atoms with Crippen LogP contribution < -0.4 is 5.32 Å². The molecular formula is C12H14BrF3N2O2. The average Bonchev–Trinajstić information content (AvgIpc) is 2.33. The second-order valence-corrected chi connectivity index (χ2v) is 5.05. The quantitative estimate of drug-likeness (QED) is 0.454. The number of nitro groups is 1. The molecule has 0 unspecified atom stereocenters. The molecular weight excluding hydrogens is 341 g/mol. The van der Waals surface area contributed by atoms with Gasteiger partial charge in [-0.2, -0.15) is 13.2 Å². The number of hydrogen-bond acceptors (Lipinski definition) is 3. The number of hydrogen-bond donors (Lipinski definition) is 1. The predicted molar refractivity (Wildman–Crippen MR) is 72.4 cm³/mol. The summed E-state index contributed by atoms with van der Waals surface area (Å²) in [6, 6.07) is 4.68. The third-order valence-electron chi connectivity index (χ3n) is 2.63. The van der Waals surface area contributed by atoms with Crippen LogP contribution in [0.25, 0.3) is 0 Å². The summed E-state index contributed by atoms with van der Waals surface area (Å²) in [5.74, 6) is 0. The first-order valence-electron chi connectivity index (χ1n) is 6.00. The summed E-state index contributed by atoms with van der Waals surface area (Å²) in [5.41, 5.74) is 0.677. The summed E-state index contributed by atoms with van der Waals surface area (Å²) in [5, 5.41) is 13.7. The van der Waals surface area contributed by atoms with Gasteiger partial charge in [-0.05, 0) is 40.9 Å². The van der Waals surface area contributed by atoms with Crippen molar-refractivity contribution in [1.82, 2.24) is 5.32 Å². The molecule has 8 heteroatoms. The molecule has 0 amide bonds. The Hall–Kier alpha value is -1.15. The Morgan fingerprint density at radius 2 is 2.00 bits per heavy atom. The number of unbranched alkanes of at least 4 members (excludes halogenated alkanes) is 1. The zero-order valence-corrected chi connectivity index (χ0v) is 12.1. The van der Waals surface area contributed by atoms with E-state index in [4.69, 9.17) is 0 Å². The normalized spacial score (nSPS) is 11.6. The van der Waals surface area contributed by atoms with Crippen LogP contribution in [-0.4, -0.2) is 17.6 Å². The van der Waals surface area contributed by atoms with Gasteiger partial charge in [0, 0.05) is 19.0 Å². The number of benzene rings is 1. The molecule has 0 aliphatic heterocycles. The zero-order valence-electron chi connectivity index (χ0n) is 10.5. The van der Waals surface area contributed by atoms with Crippen molar-refractivity contribution < 1.29 is 18.1 Å². The highest BCUT2D eigenvalue weighted by molar-refractivity contribution is 9.10. The van der Waals surface area contributed by atoms with Crippen molar-refractivity contribution in [3.8, 4) is 0 Å². The Labute approximate surface area is 122 Å². The molecule has 0 aliphatic rings. The molecule has 0 fully saturated rings. The number of nitro benzene ring substituents is 1. The molecule has 0 heterocycles. The lowest BCUT2D eigenvalue weighted by molar-refractivity contribution is -0.385. The lowest BCUT2D eigenvalue weighted by Crippen LogP contribution is -2.16. The van der Waals surface area contributed by atoms with Gasteiger partial charge in [0.05, 0.1) is 9.40 Å². The van der Waals surface area contributed by atoms with Gasteiger partial charge in [-0.25, -0.2) is 0 Å². The maximum Gasteiger partial charge on any atom is 0.389 e. The summed E-state index contributed by atoms with van der Waals surface area (Å²) < 4.78 is 36.1. The van der Waals surface area contributed by atoms with Crippen molar-refractivity contribution in [2.24, 2.45) is 0 Å². The topological polar surface area (TPSA) is 55.2 Å². The van der Waals surface area contributed by atoms with Gasteiger partial charge in [0.1, 0.15) is 0 Å². The van der Waals surface area contributed by atoms with Crippen LogP contribution in [0.1, 0.15) is 24.8 Å². The fourth-order valence-electron chi connectivity index (χ4n) is 1.64. The zero-order chi connectivity index (χ0) is 15.2. The number of halogens is 4. The maximum atomic E-state index is 11.9. The summed E-state index contributed by atoms with van der Waals surface area (Å²) in [6.07, 6.45) is -4.41. The SMILES string of the molecule is O=[N+]([O-])c1cccc(CNCCCCC(F)(F)F)c1Br. The lowest BCUT2D eigenvalue weighted by atomic mass is 10.2. The Morgan fingerprint density at radius 1 is 1.30 bits per heavy atom. The van der Waals surface area contributed by atoms with E-state index in [1.165, 1.54) is 6.07 Å². The van der Waals surface area contributed by atoms with Crippen molar-refractivity contribution in [3.05, 3.63) is 38.3 Å². The van der Waals surface area contributed by atoms with Gasteiger partial charge in [0.15, 0.2) is 0 Å². The molecule has 1 aromatic carbocycles. The molecule has 0 atom stereocenters. The van der Waals surface area contributed by atoms with Crippen LogP contribution in [0.15, 0.2) is 22.7 Å². The number of nitrogens with one attached hydrogen (secondary N) is 1. The van der Waals surface area contributed by atoms with Crippen LogP contribution in [0.2, 0.25) is 0 Å². The lowest BCUT2D eigenvalue weighted by Gasteiger charge is -2.08. The smallest absolute Gasteiger partial charge is 0.313 e. The first-order chi connectivity index (χ1) is 9.31. The molecule has 0 spiro atoms. The minimum atomic E-state index is -4.11. The Bertz CT molecular complexity index is 467. The van der Waals surface area contributed by atoms with Gasteiger partial charge in [-0.15, -0.1) is 0 Å². The van der Waals surface area contributed by atoms with E-state index in [0.717, 1.165) is 0 Å². The van der Waals surface area contributed by atoms with Crippen LogP contribution in [0.3, 0.4) is 0 Å². The highest BCUT2D eigenvalue weighted by Gasteiger charge is 2.25. The van der Waals surface area contributed by atoms with Crippen LogP contribution in [0.4, 0.5) is 18.9 Å². The molecule has 0 aliphatic carbocycles. The van der Waals surface area contributed by atoms with E-state index in [0.29, 0.717) is 29.5 Å². The average molecular weight is 355 g/mol. The van der Waals surface area contributed by atoms with E-state index in [2.05, 4.69) is 21.2 Å². The van der Waals surface area contributed by atoms with Crippen molar-refractivity contribution >= 4 is 21.6 Å². The number of rotatable bonds is 7. The van der Waals surface area contributed by atoms with Crippen LogP contribution in [0, 0.1) is 10.1 Å². The van der Waals surface area contributed by atoms with Gasteiger partial charge >= 0.3 is 6.18 Å². The first kappa shape index (κ1) is 16.9. The molecule has 0 aromatic heterocycles. The standard InChI is InChI=1S/C12H14BrF3N2O2/c13-11-9(4-3-5-10(11)18(19)20)8-17-7-2-1-6-12(14,15)16/h3-5,17H,1-2,6-8H2. The van der Waals surface area contributed by atoms with E-state index < -0.39 is 17.5 Å². The fourth-order valence-corrected chi connectivity index (χ4v) is 2.19. The van der Waals surface area contributed by atoms with Gasteiger partial charge in [-0.3, -0.25) is 10.1 Å². The minimum absolute atomic E-state index is 0.0265. The van der Waals surface area contributed by atoms with E-state index in [9.17, 15) is 23.3 Å². The van der Waals surface area contributed by atoms with E-state index >= 15 is 0 Å². The summed E-state index contributed by atoms with van der Waals surface area (Å²) >= 11 is 3.16. The maximum absolute atomic E-state index is 11.9. The minimum Gasteiger partial charge on any atom is -0.313 e. The molecule has 1 rings (SSSR count). The molecule has 0 saturated carbocycles. The molecule has 0 bridgehead atoms. The molecule has 112 valence electrons. The largest absolute Gasteiger partial charge is 0.389 e. The highest BCUT2D eigenvalue weighted by Crippen LogP contribution is 2.28. The predicted octanol–water partition coefficient (Wildman–Crippen LogP) is 4.18. The van der Waals surface area contributed by atoms with Crippen molar-refractivity contribution in [2.75, 3.05) is 6.54 Å². The van der Waals surface area contributed by atoms with Gasteiger partial charge < -0.3 is 5.32 Å².